The van der Waals surface area contributed by atoms with Gasteiger partial charge in [0.25, 0.3) is 0 Å². The van der Waals surface area contributed by atoms with Crippen LogP contribution >= 0.6 is 0 Å². The van der Waals surface area contributed by atoms with Crippen molar-refractivity contribution in [3.8, 4) is 0 Å². The predicted octanol–water partition coefficient (Wildman–Crippen LogP) is 5.39. The standard InChI is InChI=1S/C22H21F4NO/c1-21-10-5-11-22(2,20(21)28)19(17-14(25)8-4-9-15(17)26)27-18(21)16-12(23)6-3-7-13(16)24/h3-4,6-9,18-19,27H,5,10-11H2,1-2H3. The van der Waals surface area contributed by atoms with Gasteiger partial charge in [-0.2, -0.15) is 0 Å². The number of rotatable bonds is 2. The quantitative estimate of drug-likeness (QED) is 0.695. The molecule has 28 heavy (non-hydrogen) atoms. The lowest BCUT2D eigenvalue weighted by Gasteiger charge is -2.56. The maximum atomic E-state index is 14.6. The minimum absolute atomic E-state index is 0.217. The van der Waals surface area contributed by atoms with Crippen molar-refractivity contribution in [2.24, 2.45) is 10.8 Å². The van der Waals surface area contributed by atoms with Crippen LogP contribution in [0.3, 0.4) is 0 Å². The van der Waals surface area contributed by atoms with Crippen molar-refractivity contribution >= 4 is 5.78 Å². The molecule has 6 heteroatoms. The first-order valence-electron chi connectivity index (χ1n) is 9.39. The minimum Gasteiger partial charge on any atom is -0.301 e. The number of Topliss-reactive ketones (excluding diaryl/α,β-unsaturated/α-hetero) is 1. The fourth-order valence-electron chi connectivity index (χ4n) is 5.16. The van der Waals surface area contributed by atoms with Gasteiger partial charge in [0.1, 0.15) is 29.1 Å². The number of fused-ring (bicyclic) bond motifs is 2. The minimum atomic E-state index is -1.08. The summed E-state index contributed by atoms with van der Waals surface area (Å²) in [6.45, 7) is 3.37. The van der Waals surface area contributed by atoms with Gasteiger partial charge in [0.15, 0.2) is 0 Å². The third-order valence-corrected chi connectivity index (χ3v) is 6.61. The van der Waals surface area contributed by atoms with E-state index in [1.54, 1.807) is 13.8 Å². The van der Waals surface area contributed by atoms with Crippen molar-refractivity contribution in [2.75, 3.05) is 0 Å². The number of benzene rings is 2. The Hall–Kier alpha value is -2.21. The van der Waals surface area contributed by atoms with E-state index in [9.17, 15) is 22.4 Å². The first-order valence-corrected chi connectivity index (χ1v) is 9.39. The van der Waals surface area contributed by atoms with E-state index in [4.69, 9.17) is 0 Å². The highest BCUT2D eigenvalue weighted by molar-refractivity contribution is 5.93. The smallest absolute Gasteiger partial charge is 0.148 e. The topological polar surface area (TPSA) is 29.1 Å². The summed E-state index contributed by atoms with van der Waals surface area (Å²) in [5.74, 6) is -3.35. The lowest BCUT2D eigenvalue weighted by atomic mass is 9.52. The Kier molecular flexibility index (Phi) is 4.38. The lowest BCUT2D eigenvalue weighted by molar-refractivity contribution is -0.154. The molecular formula is C22H21F4NO. The molecule has 1 saturated carbocycles. The Bertz CT molecular complexity index is 848. The second-order valence-corrected chi connectivity index (χ2v) is 8.32. The molecule has 0 aromatic heterocycles. The van der Waals surface area contributed by atoms with Gasteiger partial charge in [-0.05, 0) is 37.1 Å². The third kappa shape index (κ3) is 2.54. The van der Waals surface area contributed by atoms with Crippen molar-refractivity contribution in [3.63, 3.8) is 0 Å². The van der Waals surface area contributed by atoms with Gasteiger partial charge >= 0.3 is 0 Å². The first-order chi connectivity index (χ1) is 13.2. The molecule has 4 rings (SSSR count). The van der Waals surface area contributed by atoms with Crippen LogP contribution in [-0.4, -0.2) is 5.78 Å². The van der Waals surface area contributed by atoms with E-state index in [0.717, 1.165) is 24.3 Å². The van der Waals surface area contributed by atoms with Gasteiger partial charge in [-0.3, -0.25) is 4.79 Å². The molecule has 1 heterocycles. The van der Waals surface area contributed by atoms with Crippen LogP contribution in [0.15, 0.2) is 36.4 Å². The normalized spacial score (nSPS) is 32.4. The average molecular weight is 391 g/mol. The molecule has 4 unspecified atom stereocenters. The Morgan fingerprint density at radius 2 is 1.14 bits per heavy atom. The number of carbonyl (C=O) groups is 1. The number of halogens is 4. The summed E-state index contributed by atoms with van der Waals surface area (Å²) in [7, 11) is 0. The molecule has 0 radical (unpaired) electrons. The van der Waals surface area contributed by atoms with Crippen molar-refractivity contribution in [3.05, 3.63) is 70.8 Å². The Balaban J connectivity index is 1.93. The van der Waals surface area contributed by atoms with Gasteiger partial charge in [-0.1, -0.05) is 32.4 Å². The third-order valence-electron chi connectivity index (χ3n) is 6.61. The van der Waals surface area contributed by atoms with Gasteiger partial charge in [0.05, 0.1) is 12.1 Å². The molecule has 2 aliphatic rings. The van der Waals surface area contributed by atoms with E-state index in [-0.39, 0.29) is 16.9 Å². The maximum Gasteiger partial charge on any atom is 0.148 e. The van der Waals surface area contributed by atoms with Crippen molar-refractivity contribution in [1.82, 2.24) is 5.32 Å². The van der Waals surface area contributed by atoms with E-state index in [1.165, 1.54) is 12.1 Å². The average Bonchev–Trinajstić information content (AvgIpc) is 2.62. The predicted molar refractivity (Wildman–Crippen MR) is 96.4 cm³/mol. The van der Waals surface area contributed by atoms with Crippen LogP contribution in [0.4, 0.5) is 17.6 Å². The molecule has 2 fully saturated rings. The summed E-state index contributed by atoms with van der Waals surface area (Å²) >= 11 is 0. The number of ketones is 1. The molecular weight excluding hydrogens is 370 g/mol. The summed E-state index contributed by atoms with van der Waals surface area (Å²) in [4.78, 5) is 13.5. The number of piperidine rings is 1. The van der Waals surface area contributed by atoms with Gasteiger partial charge in [0, 0.05) is 22.0 Å². The molecule has 1 aliphatic carbocycles. The first kappa shape index (κ1) is 19.1. The second kappa shape index (κ2) is 6.41. The number of hydrogen-bond acceptors (Lipinski definition) is 2. The van der Waals surface area contributed by atoms with Crippen LogP contribution in [0, 0.1) is 34.1 Å². The van der Waals surface area contributed by atoms with Crippen LogP contribution in [0.2, 0.25) is 0 Å². The largest absolute Gasteiger partial charge is 0.301 e. The zero-order valence-electron chi connectivity index (χ0n) is 15.7. The van der Waals surface area contributed by atoms with Crippen molar-refractivity contribution < 1.29 is 22.4 Å². The molecule has 2 aromatic carbocycles. The fourth-order valence-corrected chi connectivity index (χ4v) is 5.16. The highest BCUT2D eigenvalue weighted by Crippen LogP contribution is 2.59. The zero-order chi connectivity index (χ0) is 20.3. The molecule has 2 bridgehead atoms. The van der Waals surface area contributed by atoms with E-state index < -0.39 is 46.2 Å². The van der Waals surface area contributed by atoms with Crippen LogP contribution in [0.25, 0.3) is 0 Å². The number of hydrogen-bond donors (Lipinski definition) is 1. The molecule has 1 saturated heterocycles. The van der Waals surface area contributed by atoms with E-state index in [0.29, 0.717) is 19.3 Å². The summed E-state index contributed by atoms with van der Waals surface area (Å²) in [6.07, 6.45) is 1.51. The fraction of sp³-hybridized carbons (Fsp3) is 0.409. The Morgan fingerprint density at radius 3 is 1.50 bits per heavy atom. The van der Waals surface area contributed by atoms with Crippen LogP contribution in [0.1, 0.15) is 56.3 Å². The SMILES string of the molecule is CC12CCCC(C)(C1=O)C(c1c(F)cccc1F)NC2c1c(F)cccc1F. The monoisotopic (exact) mass is 391 g/mol. The molecule has 4 atom stereocenters. The van der Waals surface area contributed by atoms with Crippen molar-refractivity contribution in [1.29, 1.82) is 0 Å². The van der Waals surface area contributed by atoms with Crippen molar-refractivity contribution in [2.45, 2.75) is 45.2 Å². The maximum absolute atomic E-state index is 14.6. The number of nitrogens with one attached hydrogen (secondary N) is 1. The summed E-state index contributed by atoms with van der Waals surface area (Å²) in [6, 6.07) is 4.96. The molecule has 148 valence electrons. The Morgan fingerprint density at radius 1 is 0.786 bits per heavy atom. The molecule has 0 spiro atoms. The molecule has 2 aromatic rings. The second-order valence-electron chi connectivity index (χ2n) is 8.32. The lowest BCUT2D eigenvalue weighted by Crippen LogP contribution is -2.62. The van der Waals surface area contributed by atoms with E-state index >= 15 is 0 Å². The van der Waals surface area contributed by atoms with Gasteiger partial charge in [-0.15, -0.1) is 0 Å². The van der Waals surface area contributed by atoms with Crippen LogP contribution in [-0.2, 0) is 4.79 Å². The van der Waals surface area contributed by atoms with E-state index in [2.05, 4.69) is 5.32 Å². The summed E-state index contributed by atoms with van der Waals surface area (Å²) in [5.41, 5.74) is -2.67. The molecule has 1 aliphatic heterocycles. The zero-order valence-corrected chi connectivity index (χ0v) is 15.7. The highest BCUT2D eigenvalue weighted by Gasteiger charge is 2.61. The van der Waals surface area contributed by atoms with Gasteiger partial charge < -0.3 is 5.32 Å². The highest BCUT2D eigenvalue weighted by atomic mass is 19.1. The van der Waals surface area contributed by atoms with Crippen LogP contribution in [0.5, 0.6) is 0 Å². The molecule has 2 nitrogen and oxygen atoms in total. The van der Waals surface area contributed by atoms with Crippen LogP contribution < -0.4 is 5.32 Å². The van der Waals surface area contributed by atoms with Gasteiger partial charge in [0.2, 0.25) is 0 Å². The summed E-state index contributed by atoms with van der Waals surface area (Å²) in [5, 5.41) is 3.08. The van der Waals surface area contributed by atoms with E-state index in [1.807, 2.05) is 0 Å². The summed E-state index contributed by atoms with van der Waals surface area (Å²) < 4.78 is 58.4. The Labute approximate surface area is 160 Å². The molecule has 1 N–H and O–H groups in total. The van der Waals surface area contributed by atoms with Gasteiger partial charge in [-0.25, -0.2) is 17.6 Å². The molecule has 0 amide bonds. The number of carbonyl (C=O) groups excluding carboxylic acids is 1.